The number of rotatable bonds is 6. The summed E-state index contributed by atoms with van der Waals surface area (Å²) >= 11 is 0. The fourth-order valence-electron chi connectivity index (χ4n) is 2.37. The lowest BCUT2D eigenvalue weighted by atomic mass is 10.0. The predicted octanol–water partition coefficient (Wildman–Crippen LogP) is 2.53. The fraction of sp³-hybridized carbons (Fsp3) is 0.333. The molecule has 0 spiro atoms. The molecule has 0 bridgehead atoms. The molecule has 0 saturated carbocycles. The van der Waals surface area contributed by atoms with Gasteiger partial charge < -0.3 is 10.6 Å². The van der Waals surface area contributed by atoms with Crippen LogP contribution in [0.25, 0.3) is 0 Å². The Kier molecular flexibility index (Phi) is 6.91. The van der Waals surface area contributed by atoms with Crippen molar-refractivity contribution < 1.29 is 0 Å². The van der Waals surface area contributed by atoms with Gasteiger partial charge in [-0.2, -0.15) is 0 Å². The van der Waals surface area contributed by atoms with Crippen LogP contribution in [0.1, 0.15) is 24.8 Å². The molecule has 5 heteroatoms. The van der Waals surface area contributed by atoms with Crippen LogP contribution in [-0.4, -0.2) is 25.0 Å². The van der Waals surface area contributed by atoms with Gasteiger partial charge in [-0.05, 0) is 31.2 Å². The Balaban J connectivity index is 1.56. The minimum absolute atomic E-state index is 0.148. The summed E-state index contributed by atoms with van der Waals surface area (Å²) in [4.78, 5) is 0. The van der Waals surface area contributed by atoms with Gasteiger partial charge in [0.15, 0.2) is 11.9 Å². The Morgan fingerprint density at radius 1 is 0.913 bits per heavy atom. The zero-order chi connectivity index (χ0) is 16.3. The second-order valence-electron chi connectivity index (χ2n) is 5.47. The molecule has 1 aromatic carbocycles. The summed E-state index contributed by atoms with van der Waals surface area (Å²) in [5.41, 5.74) is 2.54. The summed E-state index contributed by atoms with van der Waals surface area (Å²) in [6.45, 7) is 1.36. The standard InChI is InChI=1S/C18H25N5/c19-17(21-13-11-15-7-3-1-4-8-15)23-18(20)22-14-12-16-9-5-2-6-10-16/h1,3-5,7-10H,2,6,11-14H2,(H5,19,20,21,22,23). The second kappa shape index (κ2) is 9.46. The van der Waals surface area contributed by atoms with Gasteiger partial charge in [0.25, 0.3) is 0 Å². The molecule has 2 rings (SSSR count). The average molecular weight is 311 g/mol. The van der Waals surface area contributed by atoms with Crippen molar-refractivity contribution in [2.24, 2.45) is 0 Å². The van der Waals surface area contributed by atoms with Gasteiger partial charge in [0.1, 0.15) is 0 Å². The Hall–Kier alpha value is -2.56. The van der Waals surface area contributed by atoms with Gasteiger partial charge in [0.05, 0.1) is 0 Å². The van der Waals surface area contributed by atoms with Crippen molar-refractivity contribution in [2.45, 2.75) is 25.7 Å². The lowest BCUT2D eigenvalue weighted by molar-refractivity contribution is 0.811. The van der Waals surface area contributed by atoms with E-state index in [2.05, 4.69) is 46.3 Å². The van der Waals surface area contributed by atoms with E-state index in [0.717, 1.165) is 25.7 Å². The summed E-state index contributed by atoms with van der Waals surface area (Å²) in [6, 6.07) is 10.1. The molecular weight excluding hydrogens is 286 g/mol. The fourth-order valence-corrected chi connectivity index (χ4v) is 2.37. The van der Waals surface area contributed by atoms with E-state index in [1.165, 1.54) is 11.1 Å². The van der Waals surface area contributed by atoms with E-state index in [4.69, 9.17) is 10.8 Å². The molecule has 23 heavy (non-hydrogen) atoms. The lowest BCUT2D eigenvalue weighted by Gasteiger charge is -2.13. The van der Waals surface area contributed by atoms with E-state index in [-0.39, 0.29) is 11.9 Å². The smallest absolute Gasteiger partial charge is 0.195 e. The minimum atomic E-state index is 0.148. The Morgan fingerprint density at radius 2 is 1.61 bits per heavy atom. The van der Waals surface area contributed by atoms with Gasteiger partial charge in [0, 0.05) is 13.1 Å². The van der Waals surface area contributed by atoms with Crippen molar-refractivity contribution >= 4 is 11.9 Å². The molecule has 0 amide bonds. The van der Waals surface area contributed by atoms with Gasteiger partial charge in [-0.15, -0.1) is 0 Å². The van der Waals surface area contributed by atoms with E-state index >= 15 is 0 Å². The Morgan fingerprint density at radius 3 is 2.26 bits per heavy atom. The van der Waals surface area contributed by atoms with Crippen LogP contribution in [0, 0.1) is 10.8 Å². The van der Waals surface area contributed by atoms with Crippen molar-refractivity contribution in [3.63, 3.8) is 0 Å². The largest absolute Gasteiger partial charge is 0.356 e. The zero-order valence-corrected chi connectivity index (χ0v) is 13.4. The summed E-state index contributed by atoms with van der Waals surface area (Å²) in [5, 5.41) is 24.3. The molecule has 0 aliphatic heterocycles. The Labute approximate surface area is 137 Å². The average Bonchev–Trinajstić information content (AvgIpc) is 2.57. The van der Waals surface area contributed by atoms with Crippen LogP contribution in [0.4, 0.5) is 0 Å². The predicted molar refractivity (Wildman–Crippen MR) is 95.8 cm³/mol. The van der Waals surface area contributed by atoms with E-state index in [1.54, 1.807) is 0 Å². The lowest BCUT2D eigenvalue weighted by Crippen LogP contribution is -2.46. The third-order valence-corrected chi connectivity index (χ3v) is 3.60. The van der Waals surface area contributed by atoms with Crippen LogP contribution in [0.3, 0.4) is 0 Å². The first-order chi connectivity index (χ1) is 11.2. The molecule has 1 aromatic rings. The highest BCUT2D eigenvalue weighted by Crippen LogP contribution is 2.11. The van der Waals surface area contributed by atoms with E-state index in [9.17, 15) is 0 Å². The zero-order valence-electron chi connectivity index (χ0n) is 13.4. The van der Waals surface area contributed by atoms with E-state index < -0.39 is 0 Å². The van der Waals surface area contributed by atoms with Crippen molar-refractivity contribution in [1.82, 2.24) is 16.0 Å². The summed E-state index contributed by atoms with van der Waals surface area (Å²) in [7, 11) is 0. The van der Waals surface area contributed by atoms with Gasteiger partial charge in [-0.25, -0.2) is 0 Å². The topological polar surface area (TPSA) is 83.8 Å². The van der Waals surface area contributed by atoms with Crippen LogP contribution < -0.4 is 16.0 Å². The molecule has 0 aromatic heterocycles. The summed E-state index contributed by atoms with van der Waals surface area (Å²) in [6.07, 6.45) is 10.6. The molecule has 0 unspecified atom stereocenters. The highest BCUT2D eigenvalue weighted by Gasteiger charge is 2.01. The molecule has 5 nitrogen and oxygen atoms in total. The summed E-state index contributed by atoms with van der Waals surface area (Å²) in [5.74, 6) is 0.304. The maximum atomic E-state index is 7.80. The molecule has 0 fully saturated rings. The van der Waals surface area contributed by atoms with Crippen LogP contribution in [-0.2, 0) is 6.42 Å². The summed E-state index contributed by atoms with van der Waals surface area (Å²) < 4.78 is 0. The normalized spacial score (nSPS) is 13.1. The van der Waals surface area contributed by atoms with Crippen LogP contribution >= 0.6 is 0 Å². The molecule has 5 N–H and O–H groups in total. The number of allylic oxidation sites excluding steroid dienone is 3. The van der Waals surface area contributed by atoms with E-state index in [0.29, 0.717) is 13.1 Å². The first kappa shape index (κ1) is 16.8. The molecule has 0 atom stereocenters. The maximum Gasteiger partial charge on any atom is 0.195 e. The van der Waals surface area contributed by atoms with Gasteiger partial charge in [0.2, 0.25) is 0 Å². The first-order valence-corrected chi connectivity index (χ1v) is 8.05. The second-order valence-corrected chi connectivity index (χ2v) is 5.47. The van der Waals surface area contributed by atoms with Crippen molar-refractivity contribution in [3.8, 4) is 0 Å². The monoisotopic (exact) mass is 311 g/mol. The molecule has 0 saturated heterocycles. The van der Waals surface area contributed by atoms with Crippen molar-refractivity contribution in [3.05, 3.63) is 59.7 Å². The number of benzene rings is 1. The van der Waals surface area contributed by atoms with E-state index in [1.807, 2.05) is 18.2 Å². The maximum absolute atomic E-state index is 7.80. The van der Waals surface area contributed by atoms with Gasteiger partial charge >= 0.3 is 0 Å². The number of guanidine groups is 2. The van der Waals surface area contributed by atoms with Crippen LogP contribution in [0.2, 0.25) is 0 Å². The highest BCUT2D eigenvalue weighted by molar-refractivity contribution is 5.95. The third-order valence-electron chi connectivity index (χ3n) is 3.60. The quantitative estimate of drug-likeness (QED) is 0.413. The minimum Gasteiger partial charge on any atom is -0.356 e. The van der Waals surface area contributed by atoms with Crippen LogP contribution in [0.15, 0.2) is 54.1 Å². The van der Waals surface area contributed by atoms with Gasteiger partial charge in [-0.1, -0.05) is 54.1 Å². The molecule has 1 aliphatic carbocycles. The Bertz CT molecular complexity index is 574. The van der Waals surface area contributed by atoms with Crippen molar-refractivity contribution in [1.29, 1.82) is 10.8 Å². The highest BCUT2D eigenvalue weighted by atomic mass is 15.2. The number of hydrogen-bond donors (Lipinski definition) is 5. The molecule has 1 aliphatic rings. The molecule has 0 radical (unpaired) electrons. The number of hydrogen-bond acceptors (Lipinski definition) is 2. The third kappa shape index (κ3) is 6.82. The first-order valence-electron chi connectivity index (χ1n) is 8.05. The number of nitrogens with one attached hydrogen (secondary N) is 5. The van der Waals surface area contributed by atoms with Crippen molar-refractivity contribution in [2.75, 3.05) is 13.1 Å². The SMILES string of the molecule is N=C(NCCC1=CCCC=C1)NC(=N)NCCc1ccccc1. The molecular formula is C18H25N5. The molecule has 122 valence electrons. The molecule has 0 heterocycles. The van der Waals surface area contributed by atoms with Gasteiger partial charge in [-0.3, -0.25) is 16.1 Å². The van der Waals surface area contributed by atoms with Crippen LogP contribution in [0.5, 0.6) is 0 Å².